The highest BCUT2D eigenvalue weighted by Gasteiger charge is 2.01. The van der Waals surface area contributed by atoms with Gasteiger partial charge >= 0.3 is 0 Å². The zero-order chi connectivity index (χ0) is 9.68. The van der Waals surface area contributed by atoms with E-state index in [9.17, 15) is 4.39 Å². The Morgan fingerprint density at radius 1 is 1.43 bits per heavy atom. The van der Waals surface area contributed by atoms with Crippen molar-refractivity contribution in [2.45, 2.75) is 26.3 Å². The van der Waals surface area contributed by atoms with Crippen LogP contribution in [0.15, 0.2) is 24.3 Å². The van der Waals surface area contributed by atoms with Crippen molar-refractivity contribution >= 4 is 12.4 Å². The van der Waals surface area contributed by atoms with Crippen LogP contribution in [0.4, 0.5) is 4.39 Å². The van der Waals surface area contributed by atoms with Crippen LogP contribution in [0.2, 0.25) is 0 Å². The first-order chi connectivity index (χ1) is 6.22. The summed E-state index contributed by atoms with van der Waals surface area (Å²) in [5.41, 5.74) is 1.05. The molecule has 0 saturated heterocycles. The fourth-order valence-electron chi connectivity index (χ4n) is 1.44. The normalized spacial score (nSPS) is 11.9. The third kappa shape index (κ3) is 4.58. The van der Waals surface area contributed by atoms with E-state index in [-0.39, 0.29) is 18.2 Å². The summed E-state index contributed by atoms with van der Waals surface area (Å²) in [6.07, 6.45) is 0.881. The van der Waals surface area contributed by atoms with E-state index < -0.39 is 0 Å². The average molecular weight is 218 g/mol. The summed E-state index contributed by atoms with van der Waals surface area (Å²) in [5.74, 6) is -0.152. The molecule has 1 N–H and O–H groups in total. The summed E-state index contributed by atoms with van der Waals surface area (Å²) >= 11 is 0. The number of rotatable bonds is 4. The number of nitrogens with one attached hydrogen (secondary N) is 1. The second-order valence-corrected chi connectivity index (χ2v) is 3.29. The fourth-order valence-corrected chi connectivity index (χ4v) is 1.44. The van der Waals surface area contributed by atoms with E-state index in [4.69, 9.17) is 0 Å². The third-order valence-electron chi connectivity index (χ3n) is 1.98. The molecule has 1 atom stereocenters. The van der Waals surface area contributed by atoms with Crippen molar-refractivity contribution in [2.24, 2.45) is 0 Å². The molecule has 1 rings (SSSR count). The monoisotopic (exact) mass is 217 g/mol. The van der Waals surface area contributed by atoms with Gasteiger partial charge in [0, 0.05) is 6.04 Å². The average Bonchev–Trinajstić information content (AvgIpc) is 2.04. The molecule has 0 amide bonds. The maximum atomic E-state index is 12.8. The van der Waals surface area contributed by atoms with Crippen LogP contribution in [0.3, 0.4) is 0 Å². The largest absolute Gasteiger partial charge is 0.314 e. The van der Waals surface area contributed by atoms with Gasteiger partial charge in [0.1, 0.15) is 5.82 Å². The maximum Gasteiger partial charge on any atom is 0.123 e. The van der Waals surface area contributed by atoms with Crippen molar-refractivity contribution in [3.05, 3.63) is 35.6 Å². The Morgan fingerprint density at radius 3 is 2.71 bits per heavy atom. The Bertz CT molecular complexity index is 265. The summed E-state index contributed by atoms with van der Waals surface area (Å²) in [4.78, 5) is 0. The smallest absolute Gasteiger partial charge is 0.123 e. The lowest BCUT2D eigenvalue weighted by Crippen LogP contribution is -2.27. The van der Waals surface area contributed by atoms with Crippen molar-refractivity contribution in [3.63, 3.8) is 0 Å². The Hall–Kier alpha value is -0.600. The minimum Gasteiger partial charge on any atom is -0.314 e. The number of likely N-dealkylation sites (N-methyl/N-ethyl adjacent to an activating group) is 1. The summed E-state index contributed by atoms with van der Waals surface area (Å²) < 4.78 is 12.8. The molecule has 0 aliphatic heterocycles. The summed E-state index contributed by atoms with van der Waals surface area (Å²) in [7, 11) is 0. The van der Waals surface area contributed by atoms with Gasteiger partial charge in [0.15, 0.2) is 0 Å². The van der Waals surface area contributed by atoms with Gasteiger partial charge in [-0.1, -0.05) is 19.1 Å². The van der Waals surface area contributed by atoms with Gasteiger partial charge in [-0.2, -0.15) is 0 Å². The van der Waals surface area contributed by atoms with Crippen LogP contribution in [0.25, 0.3) is 0 Å². The molecule has 1 unspecified atom stereocenters. The first-order valence-electron chi connectivity index (χ1n) is 4.70. The molecule has 3 heteroatoms. The van der Waals surface area contributed by atoms with Crippen LogP contribution in [0.5, 0.6) is 0 Å². The topological polar surface area (TPSA) is 12.0 Å². The zero-order valence-corrected chi connectivity index (χ0v) is 9.40. The molecule has 0 fully saturated rings. The van der Waals surface area contributed by atoms with Crippen LogP contribution in [-0.4, -0.2) is 12.6 Å². The zero-order valence-electron chi connectivity index (χ0n) is 8.59. The Morgan fingerprint density at radius 2 is 2.14 bits per heavy atom. The van der Waals surface area contributed by atoms with Gasteiger partial charge < -0.3 is 5.32 Å². The number of halogens is 2. The highest BCUT2D eigenvalue weighted by Crippen LogP contribution is 2.05. The van der Waals surface area contributed by atoms with Gasteiger partial charge in [-0.05, 0) is 37.6 Å². The second-order valence-electron chi connectivity index (χ2n) is 3.29. The van der Waals surface area contributed by atoms with Crippen LogP contribution in [0.1, 0.15) is 19.4 Å². The van der Waals surface area contributed by atoms with E-state index in [2.05, 4.69) is 19.2 Å². The molecule has 80 valence electrons. The second kappa shape index (κ2) is 6.80. The van der Waals surface area contributed by atoms with Crippen LogP contribution in [-0.2, 0) is 6.42 Å². The summed E-state index contributed by atoms with van der Waals surface area (Å²) in [5, 5.41) is 3.29. The molecular formula is C11H17ClFN. The van der Waals surface area contributed by atoms with Gasteiger partial charge in [0.25, 0.3) is 0 Å². The highest BCUT2D eigenvalue weighted by molar-refractivity contribution is 5.85. The maximum absolute atomic E-state index is 12.8. The molecule has 0 radical (unpaired) electrons. The fraction of sp³-hybridized carbons (Fsp3) is 0.455. The predicted octanol–water partition coefficient (Wildman–Crippen LogP) is 2.79. The molecule has 1 nitrogen and oxygen atoms in total. The lowest BCUT2D eigenvalue weighted by molar-refractivity contribution is 0.561. The highest BCUT2D eigenvalue weighted by atomic mass is 35.5. The molecule has 0 aliphatic carbocycles. The molecule has 0 heterocycles. The molecule has 0 bridgehead atoms. The molecule has 1 aromatic rings. The molecule has 1 aromatic carbocycles. The number of hydrogen-bond donors (Lipinski definition) is 1. The molecular weight excluding hydrogens is 201 g/mol. The van der Waals surface area contributed by atoms with Crippen molar-refractivity contribution in [2.75, 3.05) is 6.54 Å². The van der Waals surface area contributed by atoms with E-state index >= 15 is 0 Å². The van der Waals surface area contributed by atoms with Gasteiger partial charge in [-0.25, -0.2) is 4.39 Å². The Balaban J connectivity index is 0.00000169. The molecule has 0 aromatic heterocycles. The molecule has 0 aliphatic rings. The van der Waals surface area contributed by atoms with E-state index in [1.165, 1.54) is 6.07 Å². The first-order valence-corrected chi connectivity index (χ1v) is 4.70. The first kappa shape index (κ1) is 13.4. The Kier molecular flexibility index (Phi) is 6.50. The van der Waals surface area contributed by atoms with Gasteiger partial charge in [-0.15, -0.1) is 12.4 Å². The number of benzene rings is 1. The van der Waals surface area contributed by atoms with E-state index in [1.54, 1.807) is 12.1 Å². The van der Waals surface area contributed by atoms with Gasteiger partial charge in [0.2, 0.25) is 0 Å². The van der Waals surface area contributed by atoms with Crippen molar-refractivity contribution in [1.29, 1.82) is 0 Å². The quantitative estimate of drug-likeness (QED) is 0.818. The minimum absolute atomic E-state index is 0. The standard InChI is InChI=1S/C11H16FN.ClH/c1-3-13-9(2)7-10-5-4-6-11(12)8-10;/h4-6,8-9,13H,3,7H2,1-2H3;1H. The third-order valence-corrected chi connectivity index (χ3v) is 1.98. The SMILES string of the molecule is CCNC(C)Cc1cccc(F)c1.Cl. The molecule has 0 spiro atoms. The van der Waals surface area contributed by atoms with Crippen molar-refractivity contribution in [3.8, 4) is 0 Å². The van der Waals surface area contributed by atoms with Crippen molar-refractivity contribution < 1.29 is 4.39 Å². The molecule has 14 heavy (non-hydrogen) atoms. The summed E-state index contributed by atoms with van der Waals surface area (Å²) in [6.45, 7) is 5.13. The van der Waals surface area contributed by atoms with E-state index in [0.29, 0.717) is 6.04 Å². The van der Waals surface area contributed by atoms with Crippen molar-refractivity contribution in [1.82, 2.24) is 5.32 Å². The van der Waals surface area contributed by atoms with E-state index in [0.717, 1.165) is 18.5 Å². The lowest BCUT2D eigenvalue weighted by Gasteiger charge is -2.11. The number of hydrogen-bond acceptors (Lipinski definition) is 1. The minimum atomic E-state index is -0.152. The molecule has 0 saturated carbocycles. The van der Waals surface area contributed by atoms with Gasteiger partial charge in [0.05, 0.1) is 0 Å². The summed E-state index contributed by atoms with van der Waals surface area (Å²) in [6, 6.07) is 7.18. The predicted molar refractivity (Wildman–Crippen MR) is 60.5 cm³/mol. The van der Waals surface area contributed by atoms with Gasteiger partial charge in [-0.3, -0.25) is 0 Å². The van der Waals surface area contributed by atoms with Crippen LogP contribution >= 0.6 is 12.4 Å². The van der Waals surface area contributed by atoms with E-state index in [1.807, 2.05) is 6.07 Å². The van der Waals surface area contributed by atoms with Crippen LogP contribution < -0.4 is 5.32 Å². The van der Waals surface area contributed by atoms with Crippen LogP contribution in [0, 0.1) is 5.82 Å². The lowest BCUT2D eigenvalue weighted by atomic mass is 10.1. The Labute approximate surface area is 91.1 Å².